The van der Waals surface area contributed by atoms with Crippen LogP contribution < -0.4 is 16.0 Å². The molecule has 0 aliphatic rings. The van der Waals surface area contributed by atoms with E-state index in [4.69, 9.17) is 4.98 Å². The third kappa shape index (κ3) is 6.70. The summed E-state index contributed by atoms with van der Waals surface area (Å²) in [6, 6.07) is 16.9. The summed E-state index contributed by atoms with van der Waals surface area (Å²) in [5.74, 6) is 1.17. The van der Waals surface area contributed by atoms with E-state index >= 15 is 0 Å². The number of benzene rings is 1. The van der Waals surface area contributed by atoms with Crippen LogP contribution in [-0.2, 0) is 16.0 Å². The highest BCUT2D eigenvalue weighted by molar-refractivity contribution is 7.15. The molecule has 0 fully saturated rings. The first-order valence-electron chi connectivity index (χ1n) is 11.1. The maximum atomic E-state index is 11.9. The van der Waals surface area contributed by atoms with Crippen LogP contribution in [0, 0.1) is 6.92 Å². The van der Waals surface area contributed by atoms with Crippen LogP contribution in [0.3, 0.4) is 0 Å². The molecule has 0 aliphatic heterocycles. The van der Waals surface area contributed by atoms with E-state index in [1.54, 1.807) is 12.4 Å². The lowest BCUT2D eigenvalue weighted by Gasteiger charge is -2.16. The monoisotopic (exact) mass is 486 g/mol. The van der Waals surface area contributed by atoms with Crippen LogP contribution >= 0.6 is 11.3 Å². The number of carbonyl (C=O) groups excluding carboxylic acids is 2. The van der Waals surface area contributed by atoms with Crippen LogP contribution in [0.1, 0.15) is 36.0 Å². The van der Waals surface area contributed by atoms with E-state index in [1.165, 1.54) is 25.2 Å². The van der Waals surface area contributed by atoms with E-state index in [0.717, 1.165) is 38.2 Å². The summed E-state index contributed by atoms with van der Waals surface area (Å²) < 4.78 is 0. The van der Waals surface area contributed by atoms with Gasteiger partial charge in [0, 0.05) is 31.9 Å². The molecule has 0 saturated carbocycles. The minimum atomic E-state index is -0.282. The number of aromatic nitrogens is 3. The number of anilines is 3. The lowest BCUT2D eigenvalue weighted by Crippen LogP contribution is -2.27. The van der Waals surface area contributed by atoms with E-state index in [2.05, 4.69) is 25.9 Å². The van der Waals surface area contributed by atoms with Crippen LogP contribution in [0.4, 0.5) is 17.3 Å². The van der Waals surface area contributed by atoms with E-state index in [1.807, 2.05) is 61.5 Å². The molecule has 3 heterocycles. The van der Waals surface area contributed by atoms with Gasteiger partial charge in [0.1, 0.15) is 16.6 Å². The topological polar surface area (TPSA) is 109 Å². The third-order valence-corrected chi connectivity index (χ3v) is 6.22. The van der Waals surface area contributed by atoms with Gasteiger partial charge < -0.3 is 16.0 Å². The second-order valence-corrected chi connectivity index (χ2v) is 9.21. The fourth-order valence-electron chi connectivity index (χ4n) is 3.55. The largest absolute Gasteiger partial charge is 0.347 e. The molecule has 8 nitrogen and oxygen atoms in total. The first-order valence-corrected chi connectivity index (χ1v) is 11.9. The van der Waals surface area contributed by atoms with Gasteiger partial charge in [-0.15, -0.1) is 11.3 Å². The summed E-state index contributed by atoms with van der Waals surface area (Å²) in [5, 5.41) is 9.79. The number of hydrogen-bond donors (Lipinski definition) is 3. The molecule has 1 unspecified atom stereocenters. The van der Waals surface area contributed by atoms with Gasteiger partial charge in [0.25, 0.3) is 0 Å². The lowest BCUT2D eigenvalue weighted by atomic mass is 10.1. The molecule has 0 radical (unpaired) electrons. The quantitative estimate of drug-likeness (QED) is 0.322. The summed E-state index contributed by atoms with van der Waals surface area (Å²) in [6.07, 6.45) is 4.11. The minimum absolute atomic E-state index is 0.118. The Labute approximate surface area is 207 Å². The molecular weight excluding hydrogens is 460 g/mol. The second-order valence-electron chi connectivity index (χ2n) is 8.15. The molecule has 4 rings (SSSR count). The van der Waals surface area contributed by atoms with Crippen molar-refractivity contribution in [1.29, 1.82) is 0 Å². The highest BCUT2D eigenvalue weighted by atomic mass is 32.1. The Kier molecular flexibility index (Phi) is 7.47. The Hall–Kier alpha value is -4.11. The van der Waals surface area contributed by atoms with Crippen LogP contribution in [0.25, 0.3) is 10.6 Å². The number of amides is 2. The van der Waals surface area contributed by atoms with Crippen molar-refractivity contribution in [3.63, 3.8) is 0 Å². The first kappa shape index (κ1) is 24.0. The van der Waals surface area contributed by atoms with Crippen molar-refractivity contribution in [1.82, 2.24) is 20.3 Å². The number of thiazole rings is 1. The Bertz CT molecular complexity index is 1340. The van der Waals surface area contributed by atoms with Crippen LogP contribution in [-0.4, -0.2) is 26.8 Å². The maximum absolute atomic E-state index is 11.9. The SMILES string of the molecule is CC(=O)Nc1ccc(CC(NC(C)=O)c2ncc(-c3cccc(Nc4cc(C)ccn4)n3)s2)cc1. The van der Waals surface area contributed by atoms with E-state index < -0.39 is 0 Å². The summed E-state index contributed by atoms with van der Waals surface area (Å²) in [5.41, 5.74) is 3.64. The van der Waals surface area contributed by atoms with Gasteiger partial charge in [-0.1, -0.05) is 18.2 Å². The Morgan fingerprint density at radius 1 is 0.971 bits per heavy atom. The Morgan fingerprint density at radius 3 is 2.49 bits per heavy atom. The van der Waals surface area contributed by atoms with Gasteiger partial charge in [-0.05, 0) is 60.9 Å². The lowest BCUT2D eigenvalue weighted by molar-refractivity contribution is -0.119. The van der Waals surface area contributed by atoms with Gasteiger partial charge in [0.15, 0.2) is 0 Å². The molecule has 2 amide bonds. The van der Waals surface area contributed by atoms with Crippen molar-refractivity contribution in [3.05, 3.63) is 83.1 Å². The Balaban J connectivity index is 1.52. The van der Waals surface area contributed by atoms with Crippen molar-refractivity contribution in [2.75, 3.05) is 10.6 Å². The highest BCUT2D eigenvalue weighted by Gasteiger charge is 2.19. The zero-order chi connectivity index (χ0) is 24.8. The van der Waals surface area contributed by atoms with Crippen molar-refractivity contribution in [2.45, 2.75) is 33.2 Å². The Morgan fingerprint density at radius 2 is 1.77 bits per heavy atom. The van der Waals surface area contributed by atoms with E-state index in [0.29, 0.717) is 12.2 Å². The number of aryl methyl sites for hydroxylation is 1. The first-order chi connectivity index (χ1) is 16.9. The van der Waals surface area contributed by atoms with Crippen molar-refractivity contribution in [3.8, 4) is 10.6 Å². The molecule has 0 spiro atoms. The van der Waals surface area contributed by atoms with Gasteiger partial charge >= 0.3 is 0 Å². The average Bonchev–Trinajstić information content (AvgIpc) is 3.30. The highest BCUT2D eigenvalue weighted by Crippen LogP contribution is 2.31. The molecule has 0 saturated heterocycles. The smallest absolute Gasteiger partial charge is 0.221 e. The average molecular weight is 487 g/mol. The van der Waals surface area contributed by atoms with Crippen molar-refractivity contribution in [2.24, 2.45) is 0 Å². The van der Waals surface area contributed by atoms with Gasteiger partial charge in [-0.2, -0.15) is 0 Å². The number of carbonyl (C=O) groups is 2. The van der Waals surface area contributed by atoms with Gasteiger partial charge in [0.2, 0.25) is 11.8 Å². The molecule has 0 bridgehead atoms. The summed E-state index contributed by atoms with van der Waals surface area (Å²) in [7, 11) is 0. The van der Waals surface area contributed by atoms with E-state index in [9.17, 15) is 9.59 Å². The number of nitrogens with zero attached hydrogens (tertiary/aromatic N) is 3. The summed E-state index contributed by atoms with van der Waals surface area (Å²) in [6.45, 7) is 4.98. The molecule has 1 atom stereocenters. The minimum Gasteiger partial charge on any atom is -0.347 e. The van der Waals surface area contributed by atoms with Crippen molar-refractivity contribution >= 4 is 40.5 Å². The number of nitrogens with one attached hydrogen (secondary N) is 3. The standard InChI is InChI=1S/C26H26N6O2S/c1-16-11-12-27-25(13-16)32-24-6-4-5-21(31-24)23-15-28-26(35-23)22(30-18(3)34)14-19-7-9-20(10-8-19)29-17(2)33/h4-13,15,22H,14H2,1-3H3,(H,29,33)(H,30,34)(H,27,31,32). The van der Waals surface area contributed by atoms with Gasteiger partial charge in [0.05, 0.1) is 16.6 Å². The summed E-state index contributed by atoms with van der Waals surface area (Å²) in [4.78, 5) is 37.7. The molecule has 9 heteroatoms. The van der Waals surface area contributed by atoms with Crippen LogP contribution in [0.15, 0.2) is 67.0 Å². The zero-order valence-corrected chi connectivity index (χ0v) is 20.5. The molecule has 178 valence electrons. The second kappa shape index (κ2) is 10.9. The molecule has 0 aliphatic carbocycles. The molecule has 1 aromatic carbocycles. The van der Waals surface area contributed by atoms with E-state index in [-0.39, 0.29) is 17.9 Å². The fourth-order valence-corrected chi connectivity index (χ4v) is 4.49. The van der Waals surface area contributed by atoms with Gasteiger partial charge in [-0.25, -0.2) is 15.0 Å². The number of pyridine rings is 2. The van der Waals surface area contributed by atoms with Crippen LogP contribution in [0.5, 0.6) is 0 Å². The number of hydrogen-bond acceptors (Lipinski definition) is 7. The number of rotatable bonds is 8. The van der Waals surface area contributed by atoms with Gasteiger partial charge in [-0.3, -0.25) is 9.59 Å². The normalized spacial score (nSPS) is 11.5. The third-order valence-electron chi connectivity index (χ3n) is 5.09. The zero-order valence-electron chi connectivity index (χ0n) is 19.7. The molecule has 35 heavy (non-hydrogen) atoms. The fraction of sp³-hybridized carbons (Fsp3) is 0.192. The van der Waals surface area contributed by atoms with Crippen LogP contribution in [0.2, 0.25) is 0 Å². The predicted octanol–water partition coefficient (Wildman–Crippen LogP) is 5.03. The predicted molar refractivity (Wildman–Crippen MR) is 139 cm³/mol. The summed E-state index contributed by atoms with van der Waals surface area (Å²) >= 11 is 1.50. The molecule has 3 aromatic heterocycles. The van der Waals surface area contributed by atoms with Crippen molar-refractivity contribution < 1.29 is 9.59 Å². The molecular formula is C26H26N6O2S. The molecule has 3 N–H and O–H groups in total. The maximum Gasteiger partial charge on any atom is 0.221 e. The molecule has 4 aromatic rings.